The van der Waals surface area contributed by atoms with Crippen LogP contribution in [0.25, 0.3) is 0 Å². The van der Waals surface area contributed by atoms with Crippen molar-refractivity contribution in [2.24, 2.45) is 12.0 Å². The number of nitrogens with one attached hydrogen (secondary N) is 2. The van der Waals surface area contributed by atoms with Gasteiger partial charge in [0, 0.05) is 64.2 Å². The molecule has 2 N–H and O–H groups in total. The van der Waals surface area contributed by atoms with Crippen molar-refractivity contribution in [1.82, 2.24) is 25.3 Å². The lowest BCUT2D eigenvalue weighted by atomic mass is 10.1. The molecule has 1 aromatic carbocycles. The molecule has 1 unspecified atom stereocenters. The molecule has 1 aromatic heterocycles. The van der Waals surface area contributed by atoms with Crippen molar-refractivity contribution in [3.8, 4) is 0 Å². The van der Waals surface area contributed by atoms with Crippen LogP contribution in [-0.2, 0) is 13.5 Å². The molecule has 2 heterocycles. The predicted octanol–water partition coefficient (Wildman–Crippen LogP) is 2.74. The number of nitrogens with zero attached hydrogens (tertiary/aromatic N) is 5. The number of benzene rings is 1. The summed E-state index contributed by atoms with van der Waals surface area (Å²) in [6, 6.07) is 11.0. The number of rotatable bonds is 9. The van der Waals surface area contributed by atoms with E-state index in [1.165, 1.54) is 29.9 Å². The smallest absolute Gasteiger partial charge is 0.191 e. The zero-order valence-electron chi connectivity index (χ0n) is 20.6. The summed E-state index contributed by atoms with van der Waals surface area (Å²) in [5.41, 5.74) is 5.03. The third kappa shape index (κ3) is 6.73. The van der Waals surface area contributed by atoms with Crippen molar-refractivity contribution in [1.29, 1.82) is 0 Å². The van der Waals surface area contributed by atoms with Gasteiger partial charge in [-0.2, -0.15) is 5.10 Å². The van der Waals surface area contributed by atoms with Gasteiger partial charge in [-0.3, -0.25) is 14.6 Å². The van der Waals surface area contributed by atoms with Gasteiger partial charge in [0.25, 0.3) is 0 Å². The summed E-state index contributed by atoms with van der Waals surface area (Å²) in [5.74, 6) is 0.883. The first kappa shape index (κ1) is 24.1. The quantitative estimate of drug-likeness (QED) is 0.357. The molecular formula is C25H41N7. The lowest BCUT2D eigenvalue weighted by Gasteiger charge is -2.36. The molecule has 7 nitrogen and oxygen atoms in total. The minimum Gasteiger partial charge on any atom is -0.369 e. The van der Waals surface area contributed by atoms with Crippen molar-refractivity contribution < 1.29 is 0 Å². The number of piperazine rings is 1. The zero-order valence-corrected chi connectivity index (χ0v) is 20.6. The Morgan fingerprint density at radius 3 is 2.44 bits per heavy atom. The van der Waals surface area contributed by atoms with Gasteiger partial charge in [0.05, 0.1) is 5.69 Å². The van der Waals surface area contributed by atoms with Gasteiger partial charge in [-0.1, -0.05) is 18.2 Å². The average Bonchev–Trinajstić information content (AvgIpc) is 3.05. The largest absolute Gasteiger partial charge is 0.369 e. The van der Waals surface area contributed by atoms with Crippen LogP contribution in [0.1, 0.15) is 36.7 Å². The van der Waals surface area contributed by atoms with Crippen LogP contribution in [-0.4, -0.2) is 73.0 Å². The Balaban J connectivity index is 1.30. The highest BCUT2D eigenvalue weighted by atomic mass is 15.3. The topological polar surface area (TPSA) is 60.7 Å². The highest BCUT2D eigenvalue weighted by Crippen LogP contribution is 2.16. The first-order valence-corrected chi connectivity index (χ1v) is 12.0. The molecule has 0 spiro atoms. The van der Waals surface area contributed by atoms with Crippen molar-refractivity contribution >= 4 is 11.6 Å². The number of anilines is 1. The van der Waals surface area contributed by atoms with Gasteiger partial charge in [0.15, 0.2) is 5.96 Å². The van der Waals surface area contributed by atoms with Crippen LogP contribution in [0.4, 0.5) is 5.69 Å². The molecule has 1 saturated heterocycles. The number of aryl methyl sites for hydroxylation is 2. The van der Waals surface area contributed by atoms with Crippen LogP contribution in [0.5, 0.6) is 0 Å². The van der Waals surface area contributed by atoms with Crippen LogP contribution in [0.3, 0.4) is 0 Å². The lowest BCUT2D eigenvalue weighted by Crippen LogP contribution is -2.46. The summed E-state index contributed by atoms with van der Waals surface area (Å²) in [7, 11) is 3.85. The molecule has 1 fully saturated rings. The van der Waals surface area contributed by atoms with Crippen LogP contribution < -0.4 is 15.5 Å². The lowest BCUT2D eigenvalue weighted by molar-refractivity contribution is 0.253. The Morgan fingerprint density at radius 1 is 1.09 bits per heavy atom. The summed E-state index contributed by atoms with van der Waals surface area (Å²) < 4.78 is 1.96. The molecule has 0 aliphatic carbocycles. The minimum atomic E-state index is 0.295. The van der Waals surface area contributed by atoms with Gasteiger partial charge >= 0.3 is 0 Å². The number of hydrogen-bond acceptors (Lipinski definition) is 4. The zero-order chi connectivity index (χ0) is 22.9. The van der Waals surface area contributed by atoms with E-state index < -0.39 is 0 Å². The Bertz CT molecular complexity index is 851. The molecule has 0 bridgehead atoms. The number of unbranched alkanes of at least 4 members (excludes halogenated alkanes) is 1. The second-order valence-electron chi connectivity index (χ2n) is 8.89. The highest BCUT2D eigenvalue weighted by Gasteiger charge is 2.17. The Morgan fingerprint density at radius 2 is 1.81 bits per heavy atom. The van der Waals surface area contributed by atoms with Gasteiger partial charge in [-0.15, -0.1) is 0 Å². The van der Waals surface area contributed by atoms with Gasteiger partial charge in [0.2, 0.25) is 0 Å². The van der Waals surface area contributed by atoms with Crippen molar-refractivity contribution in [2.75, 3.05) is 51.2 Å². The van der Waals surface area contributed by atoms with Crippen molar-refractivity contribution in [3.63, 3.8) is 0 Å². The van der Waals surface area contributed by atoms with E-state index >= 15 is 0 Å². The monoisotopic (exact) mass is 439 g/mol. The molecule has 1 aliphatic heterocycles. The molecule has 176 valence electrons. The molecule has 1 atom stereocenters. The van der Waals surface area contributed by atoms with E-state index in [1.807, 2.05) is 18.8 Å². The molecule has 2 aromatic rings. The second kappa shape index (κ2) is 11.9. The van der Waals surface area contributed by atoms with Crippen LogP contribution in [0.15, 0.2) is 35.3 Å². The molecular weight excluding hydrogens is 398 g/mol. The SMILES string of the molecule is CN=C(NCCCCN1CCN(c2ccccc2)CC1)NC(C)Cc1c(C)nn(C)c1C. The molecule has 3 rings (SSSR count). The Kier molecular flexibility index (Phi) is 8.97. The van der Waals surface area contributed by atoms with E-state index in [-0.39, 0.29) is 0 Å². The summed E-state index contributed by atoms with van der Waals surface area (Å²) in [5, 5.41) is 11.5. The number of aliphatic imine (C=N–C) groups is 1. The average molecular weight is 440 g/mol. The first-order chi connectivity index (χ1) is 15.5. The molecule has 0 saturated carbocycles. The molecule has 0 amide bonds. The van der Waals surface area contributed by atoms with Crippen LogP contribution >= 0.6 is 0 Å². The first-order valence-electron chi connectivity index (χ1n) is 12.0. The molecule has 32 heavy (non-hydrogen) atoms. The fourth-order valence-corrected chi connectivity index (χ4v) is 4.43. The van der Waals surface area contributed by atoms with Crippen LogP contribution in [0, 0.1) is 13.8 Å². The standard InChI is InChI=1S/C25H41N7/c1-20(19-24-21(2)29-30(5)22(24)3)28-25(26-4)27-13-9-10-14-31-15-17-32(18-16-31)23-11-7-6-8-12-23/h6-8,11-12,20H,9-10,13-19H2,1-5H3,(H2,26,27,28). The molecule has 7 heteroatoms. The van der Waals surface area contributed by atoms with E-state index in [9.17, 15) is 0 Å². The number of para-hydroxylation sites is 1. The third-order valence-corrected chi connectivity index (χ3v) is 6.46. The van der Waals surface area contributed by atoms with Gasteiger partial charge in [-0.05, 0) is 64.3 Å². The number of aromatic nitrogens is 2. The summed E-state index contributed by atoms with van der Waals surface area (Å²) in [6.07, 6.45) is 3.30. The molecule has 1 aliphatic rings. The second-order valence-corrected chi connectivity index (χ2v) is 8.89. The fraction of sp³-hybridized carbons (Fsp3) is 0.600. The normalized spacial score (nSPS) is 16.3. The Labute approximate surface area is 193 Å². The third-order valence-electron chi connectivity index (χ3n) is 6.46. The predicted molar refractivity (Wildman–Crippen MR) is 135 cm³/mol. The van der Waals surface area contributed by atoms with Crippen LogP contribution in [0.2, 0.25) is 0 Å². The maximum absolute atomic E-state index is 4.53. The molecule has 0 radical (unpaired) electrons. The minimum absolute atomic E-state index is 0.295. The van der Waals surface area contributed by atoms with E-state index in [4.69, 9.17) is 0 Å². The van der Waals surface area contributed by atoms with E-state index in [0.717, 1.165) is 57.2 Å². The maximum Gasteiger partial charge on any atom is 0.191 e. The van der Waals surface area contributed by atoms with E-state index in [0.29, 0.717) is 6.04 Å². The van der Waals surface area contributed by atoms with Crippen molar-refractivity contribution in [3.05, 3.63) is 47.3 Å². The summed E-state index contributed by atoms with van der Waals surface area (Å²) >= 11 is 0. The van der Waals surface area contributed by atoms with E-state index in [1.54, 1.807) is 0 Å². The van der Waals surface area contributed by atoms with Gasteiger partial charge in [-0.25, -0.2) is 0 Å². The maximum atomic E-state index is 4.53. The summed E-state index contributed by atoms with van der Waals surface area (Å²) in [6.45, 7) is 13.1. The van der Waals surface area contributed by atoms with Gasteiger partial charge in [0.1, 0.15) is 0 Å². The van der Waals surface area contributed by atoms with Gasteiger partial charge < -0.3 is 15.5 Å². The fourth-order valence-electron chi connectivity index (χ4n) is 4.43. The summed E-state index contributed by atoms with van der Waals surface area (Å²) in [4.78, 5) is 9.48. The highest BCUT2D eigenvalue weighted by molar-refractivity contribution is 5.79. The number of guanidine groups is 1. The van der Waals surface area contributed by atoms with E-state index in [2.05, 4.69) is 81.6 Å². The number of hydrogen-bond donors (Lipinski definition) is 2. The Hall–Kier alpha value is -2.54. The van der Waals surface area contributed by atoms with Crippen molar-refractivity contribution in [2.45, 2.75) is 46.1 Å².